The van der Waals surface area contributed by atoms with Crippen molar-refractivity contribution >= 4 is 5.97 Å². The van der Waals surface area contributed by atoms with E-state index in [1.54, 1.807) is 0 Å². The highest BCUT2D eigenvalue weighted by atomic mass is 16.5. The maximum absolute atomic E-state index is 10.7. The fourth-order valence-corrected chi connectivity index (χ4v) is 2.09. The Balaban J connectivity index is 1.82. The molecule has 106 valence electrons. The molecule has 2 rings (SSSR count). The van der Waals surface area contributed by atoms with Crippen molar-refractivity contribution in [1.29, 1.82) is 0 Å². The zero-order valence-electron chi connectivity index (χ0n) is 10.6. The van der Waals surface area contributed by atoms with Crippen LogP contribution in [-0.4, -0.2) is 63.1 Å². The molecule has 0 amide bonds. The van der Waals surface area contributed by atoms with Gasteiger partial charge in [-0.25, -0.2) is 4.79 Å². The molecule has 0 aromatic carbocycles. The molecule has 0 atom stereocenters. The Morgan fingerprint density at radius 1 is 1.53 bits per heavy atom. The summed E-state index contributed by atoms with van der Waals surface area (Å²) in [6.45, 7) is 2.43. The lowest BCUT2D eigenvalue weighted by molar-refractivity contribution is 0.0117. The molecule has 0 aliphatic carbocycles. The number of aromatic nitrogens is 3. The third kappa shape index (κ3) is 3.49. The molecule has 2 heterocycles. The second-order valence-electron chi connectivity index (χ2n) is 4.65. The fraction of sp³-hybridized carbons (Fsp3) is 0.727. The summed E-state index contributed by atoms with van der Waals surface area (Å²) in [6, 6.07) is 0. The molecule has 0 unspecified atom stereocenters. The summed E-state index contributed by atoms with van der Waals surface area (Å²) in [5.41, 5.74) is -0.364. The van der Waals surface area contributed by atoms with Crippen LogP contribution in [0.2, 0.25) is 0 Å². The lowest BCUT2D eigenvalue weighted by Gasteiger charge is -2.36. The molecule has 1 aromatic heterocycles. The molecule has 19 heavy (non-hydrogen) atoms. The van der Waals surface area contributed by atoms with E-state index in [0.717, 1.165) is 12.8 Å². The molecule has 8 heteroatoms. The number of carboxylic acids is 1. The average Bonchev–Trinajstić information content (AvgIpc) is 2.89. The molecule has 0 radical (unpaired) electrons. The fourth-order valence-electron chi connectivity index (χ4n) is 2.09. The third-order valence-electron chi connectivity index (χ3n) is 3.35. The number of nitrogens with zero attached hydrogens (tertiary/aromatic N) is 3. The summed E-state index contributed by atoms with van der Waals surface area (Å²) in [5, 5.41) is 28.8. The molecular weight excluding hydrogens is 252 g/mol. The molecule has 0 spiro atoms. The van der Waals surface area contributed by atoms with Gasteiger partial charge in [-0.3, -0.25) is 4.68 Å². The first-order chi connectivity index (χ1) is 9.15. The van der Waals surface area contributed by atoms with E-state index in [-0.39, 0.29) is 17.8 Å². The van der Waals surface area contributed by atoms with Gasteiger partial charge in [-0.15, -0.1) is 5.10 Å². The van der Waals surface area contributed by atoms with Gasteiger partial charge in [0.2, 0.25) is 0 Å². The van der Waals surface area contributed by atoms with Crippen molar-refractivity contribution in [2.45, 2.75) is 24.9 Å². The first-order valence-electron chi connectivity index (χ1n) is 6.22. The highest BCUT2D eigenvalue weighted by Gasteiger charge is 2.31. The summed E-state index contributed by atoms with van der Waals surface area (Å²) >= 11 is 0. The topological polar surface area (TPSA) is 110 Å². The second kappa shape index (κ2) is 6.09. The largest absolute Gasteiger partial charge is 0.476 e. The van der Waals surface area contributed by atoms with Gasteiger partial charge in [0, 0.05) is 25.3 Å². The number of aliphatic hydroxyl groups excluding tert-OH is 1. The molecule has 8 nitrogen and oxygen atoms in total. The van der Waals surface area contributed by atoms with Crippen LogP contribution in [0.3, 0.4) is 0 Å². The zero-order valence-corrected chi connectivity index (χ0v) is 10.6. The van der Waals surface area contributed by atoms with Crippen molar-refractivity contribution in [2.75, 3.05) is 26.4 Å². The molecule has 1 aliphatic rings. The first kappa shape index (κ1) is 13.9. The van der Waals surface area contributed by atoms with E-state index >= 15 is 0 Å². The molecule has 1 aliphatic heterocycles. The van der Waals surface area contributed by atoms with E-state index in [9.17, 15) is 9.90 Å². The maximum Gasteiger partial charge on any atom is 0.358 e. The van der Waals surface area contributed by atoms with Crippen LogP contribution in [0.4, 0.5) is 0 Å². The van der Waals surface area contributed by atoms with Crippen molar-refractivity contribution in [2.24, 2.45) is 0 Å². The van der Waals surface area contributed by atoms with Crippen LogP contribution in [0.15, 0.2) is 6.20 Å². The Kier molecular flexibility index (Phi) is 4.46. The van der Waals surface area contributed by atoms with E-state index < -0.39 is 5.97 Å². The van der Waals surface area contributed by atoms with Crippen molar-refractivity contribution in [3.05, 3.63) is 11.9 Å². The van der Waals surface area contributed by atoms with Crippen LogP contribution in [0, 0.1) is 0 Å². The van der Waals surface area contributed by atoms with Crippen molar-refractivity contribution in [1.82, 2.24) is 20.3 Å². The molecule has 1 fully saturated rings. The standard InChI is InChI=1S/C11H18N4O4/c16-8-11(1-5-19-6-2-11)12-3-4-15-7-9(10(17)18)13-14-15/h7,12,16H,1-6,8H2,(H,17,18). The van der Waals surface area contributed by atoms with Gasteiger partial charge in [-0.1, -0.05) is 5.21 Å². The SMILES string of the molecule is O=C(O)c1cn(CCNC2(CO)CCOCC2)nn1. The number of carbonyl (C=O) groups is 1. The van der Waals surface area contributed by atoms with Gasteiger partial charge in [0.25, 0.3) is 0 Å². The molecule has 3 N–H and O–H groups in total. The minimum absolute atomic E-state index is 0.0636. The highest BCUT2D eigenvalue weighted by Crippen LogP contribution is 2.19. The van der Waals surface area contributed by atoms with Gasteiger partial charge in [0.15, 0.2) is 5.69 Å². The highest BCUT2D eigenvalue weighted by molar-refractivity contribution is 5.84. The van der Waals surface area contributed by atoms with Crippen LogP contribution < -0.4 is 5.32 Å². The third-order valence-corrected chi connectivity index (χ3v) is 3.35. The van der Waals surface area contributed by atoms with Gasteiger partial charge in [0.05, 0.1) is 19.3 Å². The predicted octanol–water partition coefficient (Wildman–Crippen LogP) is -0.893. The summed E-state index contributed by atoms with van der Waals surface area (Å²) in [7, 11) is 0. The Morgan fingerprint density at radius 3 is 2.84 bits per heavy atom. The Hall–Kier alpha value is -1.51. The summed E-state index contributed by atoms with van der Waals surface area (Å²) in [5.74, 6) is -1.09. The van der Waals surface area contributed by atoms with E-state index in [1.807, 2.05) is 0 Å². The number of hydrogen-bond acceptors (Lipinski definition) is 6. The lowest BCUT2D eigenvalue weighted by Crippen LogP contribution is -2.53. The number of nitrogens with one attached hydrogen (secondary N) is 1. The summed E-state index contributed by atoms with van der Waals surface area (Å²) in [6.07, 6.45) is 2.92. The van der Waals surface area contributed by atoms with Gasteiger partial charge in [-0.05, 0) is 12.8 Å². The van der Waals surface area contributed by atoms with Crippen LogP contribution >= 0.6 is 0 Å². The number of carboxylic acid groups (broad SMARTS) is 1. The minimum atomic E-state index is -1.09. The van der Waals surface area contributed by atoms with Crippen LogP contribution in [-0.2, 0) is 11.3 Å². The molecular formula is C11H18N4O4. The second-order valence-corrected chi connectivity index (χ2v) is 4.65. The number of ether oxygens (including phenoxy) is 1. The van der Waals surface area contributed by atoms with Crippen molar-refractivity contribution in [3.8, 4) is 0 Å². The van der Waals surface area contributed by atoms with E-state index in [2.05, 4.69) is 15.6 Å². The lowest BCUT2D eigenvalue weighted by atomic mass is 9.91. The average molecular weight is 270 g/mol. The van der Waals surface area contributed by atoms with Crippen LogP contribution in [0.5, 0.6) is 0 Å². The van der Waals surface area contributed by atoms with Crippen molar-refractivity contribution < 1.29 is 19.7 Å². The minimum Gasteiger partial charge on any atom is -0.476 e. The van der Waals surface area contributed by atoms with Crippen LogP contribution in [0.1, 0.15) is 23.3 Å². The van der Waals surface area contributed by atoms with E-state index in [4.69, 9.17) is 9.84 Å². The van der Waals surface area contributed by atoms with E-state index in [0.29, 0.717) is 26.3 Å². The zero-order chi connectivity index (χ0) is 13.7. The number of rotatable bonds is 6. The quantitative estimate of drug-likeness (QED) is 0.615. The first-order valence-corrected chi connectivity index (χ1v) is 6.22. The number of aromatic carboxylic acids is 1. The van der Waals surface area contributed by atoms with E-state index in [1.165, 1.54) is 10.9 Å². The van der Waals surface area contributed by atoms with Gasteiger partial charge in [-0.2, -0.15) is 0 Å². The number of hydrogen-bond donors (Lipinski definition) is 3. The van der Waals surface area contributed by atoms with Gasteiger partial charge < -0.3 is 20.3 Å². The van der Waals surface area contributed by atoms with Gasteiger partial charge in [0.1, 0.15) is 0 Å². The normalized spacial score (nSPS) is 18.4. The van der Waals surface area contributed by atoms with Gasteiger partial charge >= 0.3 is 5.97 Å². The summed E-state index contributed by atoms with van der Waals surface area (Å²) in [4.78, 5) is 10.7. The molecule has 1 aromatic rings. The molecule has 0 saturated carbocycles. The Bertz CT molecular complexity index is 428. The predicted molar refractivity (Wildman–Crippen MR) is 64.9 cm³/mol. The molecule has 0 bridgehead atoms. The summed E-state index contributed by atoms with van der Waals surface area (Å²) < 4.78 is 6.75. The Morgan fingerprint density at radius 2 is 2.26 bits per heavy atom. The number of aliphatic hydroxyl groups is 1. The molecule has 1 saturated heterocycles. The monoisotopic (exact) mass is 270 g/mol. The maximum atomic E-state index is 10.7. The van der Waals surface area contributed by atoms with Crippen molar-refractivity contribution in [3.63, 3.8) is 0 Å². The van der Waals surface area contributed by atoms with Crippen LogP contribution in [0.25, 0.3) is 0 Å². The smallest absolute Gasteiger partial charge is 0.358 e. The Labute approximate surface area is 110 Å².